The topological polar surface area (TPSA) is 76.4 Å². The van der Waals surface area contributed by atoms with Crippen LogP contribution in [-0.2, 0) is 17.4 Å². The van der Waals surface area contributed by atoms with Crippen molar-refractivity contribution in [3.8, 4) is 5.75 Å². The Balaban J connectivity index is 2.20. The van der Waals surface area contributed by atoms with Crippen molar-refractivity contribution in [2.45, 2.75) is 24.6 Å². The predicted molar refractivity (Wildman–Crippen MR) is 79.5 cm³/mol. The maximum atomic E-state index is 13.4. The van der Waals surface area contributed by atoms with E-state index in [9.17, 15) is 36.2 Å². The van der Waals surface area contributed by atoms with E-state index in [1.165, 1.54) is 7.05 Å². The molecule has 0 radical (unpaired) electrons. The van der Waals surface area contributed by atoms with Crippen LogP contribution in [0, 0.1) is 0 Å². The monoisotopic (exact) mass is 397 g/mol. The first-order chi connectivity index (χ1) is 12.3. The number of aliphatic hydroxyl groups is 1. The fourth-order valence-corrected chi connectivity index (χ4v) is 2.28. The lowest BCUT2D eigenvalue weighted by molar-refractivity contribution is -0.274. The number of imidazole rings is 1. The SMILES string of the molecule is Cn1ccnc1C(O)(CC(=O)Nc1cccc(OC(F)(F)F)c1)C(F)(F)F. The normalized spacial score (nSPS) is 14.5. The number of aromatic nitrogens is 2. The second-order valence-electron chi connectivity index (χ2n) is 5.52. The average molecular weight is 397 g/mol. The Morgan fingerprint density at radius 1 is 1.26 bits per heavy atom. The minimum atomic E-state index is -5.23. The van der Waals surface area contributed by atoms with Gasteiger partial charge in [-0.05, 0) is 12.1 Å². The molecule has 12 heteroatoms. The molecule has 0 bridgehead atoms. The summed E-state index contributed by atoms with van der Waals surface area (Å²) in [5.41, 5.74) is -3.83. The van der Waals surface area contributed by atoms with Gasteiger partial charge in [0, 0.05) is 31.2 Å². The summed E-state index contributed by atoms with van der Waals surface area (Å²) in [4.78, 5) is 15.4. The molecular formula is C15H13F6N3O3. The summed E-state index contributed by atoms with van der Waals surface area (Å²) in [5, 5.41) is 12.1. The maximum Gasteiger partial charge on any atom is 0.573 e. The van der Waals surface area contributed by atoms with E-state index in [-0.39, 0.29) is 5.69 Å². The molecule has 27 heavy (non-hydrogen) atoms. The Hall–Kier alpha value is -2.76. The highest BCUT2D eigenvalue weighted by molar-refractivity contribution is 5.91. The highest BCUT2D eigenvalue weighted by Crippen LogP contribution is 2.41. The van der Waals surface area contributed by atoms with Crippen molar-refractivity contribution < 1.29 is 41.0 Å². The molecule has 0 saturated carbocycles. The molecule has 148 valence electrons. The summed E-state index contributed by atoms with van der Waals surface area (Å²) in [6, 6.07) is 3.97. The molecule has 0 spiro atoms. The van der Waals surface area contributed by atoms with Crippen molar-refractivity contribution in [2.75, 3.05) is 5.32 Å². The Morgan fingerprint density at radius 2 is 1.93 bits per heavy atom. The zero-order valence-electron chi connectivity index (χ0n) is 13.6. The lowest BCUT2D eigenvalue weighted by Crippen LogP contribution is -2.46. The Kier molecular flexibility index (Phi) is 5.40. The summed E-state index contributed by atoms with van der Waals surface area (Å²) in [7, 11) is 1.20. The zero-order valence-corrected chi connectivity index (χ0v) is 13.6. The van der Waals surface area contributed by atoms with Crippen LogP contribution in [0.25, 0.3) is 0 Å². The van der Waals surface area contributed by atoms with Crippen LogP contribution in [-0.4, -0.2) is 33.1 Å². The second-order valence-corrected chi connectivity index (χ2v) is 5.52. The first-order valence-electron chi connectivity index (χ1n) is 7.24. The summed E-state index contributed by atoms with van der Waals surface area (Å²) in [6.07, 6.45) is -9.49. The van der Waals surface area contributed by atoms with E-state index in [1.807, 2.05) is 5.32 Å². The van der Waals surface area contributed by atoms with Crippen molar-refractivity contribution in [1.82, 2.24) is 9.55 Å². The zero-order chi connectivity index (χ0) is 20.5. The van der Waals surface area contributed by atoms with Crippen LogP contribution in [0.2, 0.25) is 0 Å². The van der Waals surface area contributed by atoms with E-state index in [4.69, 9.17) is 0 Å². The Bertz CT molecular complexity index is 818. The Morgan fingerprint density at radius 3 is 2.44 bits per heavy atom. The molecule has 2 aromatic rings. The highest BCUT2D eigenvalue weighted by atomic mass is 19.4. The van der Waals surface area contributed by atoms with Gasteiger partial charge in [-0.1, -0.05) is 6.07 Å². The fraction of sp³-hybridized carbons (Fsp3) is 0.333. The number of ether oxygens (including phenoxy) is 1. The number of nitrogens with one attached hydrogen (secondary N) is 1. The van der Waals surface area contributed by atoms with Crippen LogP contribution in [0.1, 0.15) is 12.2 Å². The smallest absolute Gasteiger partial charge is 0.406 e. The van der Waals surface area contributed by atoms with Gasteiger partial charge in [-0.3, -0.25) is 4.79 Å². The molecule has 0 fully saturated rings. The van der Waals surface area contributed by atoms with Gasteiger partial charge in [0.25, 0.3) is 0 Å². The standard InChI is InChI=1S/C15H13F6N3O3/c1-24-6-5-22-12(24)13(26,14(16,17)18)8-11(25)23-9-3-2-4-10(7-9)27-15(19,20)21/h2-7,26H,8H2,1H3,(H,23,25). The van der Waals surface area contributed by atoms with Gasteiger partial charge in [0.2, 0.25) is 11.5 Å². The minimum Gasteiger partial charge on any atom is -0.406 e. The third-order valence-corrected chi connectivity index (χ3v) is 3.43. The van der Waals surface area contributed by atoms with Gasteiger partial charge in [-0.25, -0.2) is 4.98 Å². The van der Waals surface area contributed by atoms with E-state index in [2.05, 4.69) is 9.72 Å². The lowest BCUT2D eigenvalue weighted by Gasteiger charge is -2.29. The van der Waals surface area contributed by atoms with Gasteiger partial charge in [-0.15, -0.1) is 13.2 Å². The molecule has 0 aliphatic rings. The van der Waals surface area contributed by atoms with Crippen LogP contribution in [0.3, 0.4) is 0 Å². The summed E-state index contributed by atoms with van der Waals surface area (Å²) in [6.45, 7) is 0. The molecule has 1 amide bonds. The van der Waals surface area contributed by atoms with E-state index in [0.29, 0.717) is 0 Å². The number of carbonyl (C=O) groups excluding carboxylic acids is 1. The van der Waals surface area contributed by atoms with Gasteiger partial charge < -0.3 is 19.7 Å². The number of amides is 1. The lowest BCUT2D eigenvalue weighted by atomic mass is 9.97. The molecule has 0 aliphatic carbocycles. The van der Waals surface area contributed by atoms with Crippen molar-refractivity contribution in [3.05, 3.63) is 42.5 Å². The first-order valence-corrected chi connectivity index (χ1v) is 7.24. The largest absolute Gasteiger partial charge is 0.573 e. The number of rotatable bonds is 5. The Labute approximate surface area is 148 Å². The van der Waals surface area contributed by atoms with Gasteiger partial charge in [0.1, 0.15) is 5.75 Å². The molecule has 6 nitrogen and oxygen atoms in total. The number of aryl methyl sites for hydroxylation is 1. The molecule has 1 atom stereocenters. The van der Waals surface area contributed by atoms with Gasteiger partial charge in [0.05, 0.1) is 6.42 Å². The summed E-state index contributed by atoms with van der Waals surface area (Å²) < 4.78 is 81.3. The molecule has 1 aromatic heterocycles. The third-order valence-electron chi connectivity index (χ3n) is 3.43. The molecular weight excluding hydrogens is 384 g/mol. The van der Waals surface area contributed by atoms with E-state index >= 15 is 0 Å². The number of nitrogens with zero attached hydrogens (tertiary/aromatic N) is 2. The number of halogens is 6. The first kappa shape index (κ1) is 20.6. The van der Waals surface area contributed by atoms with Crippen LogP contribution in [0.15, 0.2) is 36.7 Å². The number of hydrogen-bond acceptors (Lipinski definition) is 4. The molecule has 1 aromatic carbocycles. The van der Waals surface area contributed by atoms with Gasteiger partial charge >= 0.3 is 12.5 Å². The average Bonchev–Trinajstić information content (AvgIpc) is 2.91. The highest BCUT2D eigenvalue weighted by Gasteiger charge is 2.58. The summed E-state index contributed by atoms with van der Waals surface area (Å²) in [5.74, 6) is -2.77. The van der Waals surface area contributed by atoms with Crippen LogP contribution < -0.4 is 10.1 Å². The fourth-order valence-electron chi connectivity index (χ4n) is 2.28. The molecule has 0 saturated heterocycles. The van der Waals surface area contributed by atoms with Crippen molar-refractivity contribution in [1.29, 1.82) is 0 Å². The molecule has 1 heterocycles. The molecule has 2 N–H and O–H groups in total. The minimum absolute atomic E-state index is 0.244. The number of alkyl halides is 6. The molecule has 0 aliphatic heterocycles. The predicted octanol–water partition coefficient (Wildman–Crippen LogP) is 3.10. The number of hydrogen-bond donors (Lipinski definition) is 2. The van der Waals surface area contributed by atoms with Crippen molar-refractivity contribution in [2.24, 2.45) is 7.05 Å². The maximum absolute atomic E-state index is 13.4. The number of carbonyl (C=O) groups is 1. The van der Waals surface area contributed by atoms with E-state index in [0.717, 1.165) is 41.2 Å². The number of anilines is 1. The van der Waals surface area contributed by atoms with Crippen LogP contribution in [0.5, 0.6) is 5.75 Å². The molecule has 1 unspecified atom stereocenters. The number of benzene rings is 1. The van der Waals surface area contributed by atoms with Crippen molar-refractivity contribution in [3.63, 3.8) is 0 Å². The van der Waals surface area contributed by atoms with Gasteiger partial charge in [-0.2, -0.15) is 13.2 Å². The van der Waals surface area contributed by atoms with Crippen LogP contribution in [0.4, 0.5) is 32.0 Å². The second kappa shape index (κ2) is 7.10. The van der Waals surface area contributed by atoms with Crippen LogP contribution >= 0.6 is 0 Å². The quantitative estimate of drug-likeness (QED) is 0.761. The molecule has 2 rings (SSSR count). The third kappa shape index (κ3) is 4.90. The van der Waals surface area contributed by atoms with Gasteiger partial charge in [0.15, 0.2) is 5.82 Å². The van der Waals surface area contributed by atoms with E-state index < -0.39 is 42.0 Å². The van der Waals surface area contributed by atoms with Crippen molar-refractivity contribution >= 4 is 11.6 Å². The summed E-state index contributed by atoms with van der Waals surface area (Å²) >= 11 is 0. The van der Waals surface area contributed by atoms with E-state index in [1.54, 1.807) is 0 Å².